The van der Waals surface area contributed by atoms with Crippen molar-refractivity contribution in [3.05, 3.63) is 47.6 Å². The third kappa shape index (κ3) is 3.67. The molecule has 0 spiro atoms. The van der Waals surface area contributed by atoms with E-state index in [1.165, 1.54) is 6.07 Å². The van der Waals surface area contributed by atoms with Gasteiger partial charge in [-0.05, 0) is 25.5 Å². The van der Waals surface area contributed by atoms with Crippen molar-refractivity contribution in [2.75, 3.05) is 5.75 Å². The first-order chi connectivity index (χ1) is 9.20. The summed E-state index contributed by atoms with van der Waals surface area (Å²) in [5.74, 6) is 2.30. The summed E-state index contributed by atoms with van der Waals surface area (Å²) in [7, 11) is 0. The van der Waals surface area contributed by atoms with Crippen LogP contribution in [0, 0.1) is 12.7 Å². The van der Waals surface area contributed by atoms with Crippen molar-refractivity contribution in [3.63, 3.8) is 0 Å². The predicted molar refractivity (Wildman–Crippen MR) is 75.4 cm³/mol. The third-order valence-electron chi connectivity index (χ3n) is 2.57. The summed E-state index contributed by atoms with van der Waals surface area (Å²) < 4.78 is 18.6. The maximum Gasteiger partial charge on any atom is 0.236 e. The number of aryl methyl sites for hydroxylation is 1. The molecule has 2 aromatic rings. The molecule has 0 saturated carbocycles. The fraction of sp³-hybridized carbons (Fsp3) is 0.286. The molecule has 5 heteroatoms. The molecule has 1 aromatic heterocycles. The van der Waals surface area contributed by atoms with Crippen LogP contribution in [-0.4, -0.2) is 15.9 Å². The quantitative estimate of drug-likeness (QED) is 0.612. The third-order valence-corrected chi connectivity index (χ3v) is 3.45. The van der Waals surface area contributed by atoms with Crippen molar-refractivity contribution in [2.24, 2.45) is 0 Å². The Balaban J connectivity index is 2.05. The number of benzene rings is 1. The first-order valence-electron chi connectivity index (χ1n) is 5.98. The summed E-state index contributed by atoms with van der Waals surface area (Å²) in [6.45, 7) is 3.70. The Bertz CT molecular complexity index is 581. The fourth-order valence-electron chi connectivity index (χ4n) is 1.47. The summed E-state index contributed by atoms with van der Waals surface area (Å²) in [6, 6.07) is 4.93. The molecular weight excluding hydrogens is 263 g/mol. The topological polar surface area (TPSA) is 38.9 Å². The van der Waals surface area contributed by atoms with E-state index in [2.05, 4.69) is 16.2 Å². The van der Waals surface area contributed by atoms with Crippen molar-refractivity contribution in [1.29, 1.82) is 0 Å². The van der Waals surface area contributed by atoms with Gasteiger partial charge in [0.15, 0.2) is 0 Å². The zero-order chi connectivity index (χ0) is 13.7. The molecule has 0 aliphatic carbocycles. The number of rotatable bonds is 5. The number of aromatic nitrogens is 2. The highest BCUT2D eigenvalue weighted by atomic mass is 32.2. The Morgan fingerprint density at radius 1 is 1.42 bits per heavy atom. The second-order valence-corrected chi connectivity index (χ2v) is 5.09. The van der Waals surface area contributed by atoms with Gasteiger partial charge in [0.25, 0.3) is 0 Å². The zero-order valence-electron chi connectivity index (χ0n) is 10.9. The molecule has 2 rings (SSSR count). The van der Waals surface area contributed by atoms with Crippen molar-refractivity contribution < 1.29 is 8.91 Å². The van der Waals surface area contributed by atoms with Gasteiger partial charge in [-0.2, -0.15) is 4.98 Å². The van der Waals surface area contributed by atoms with Crippen LogP contribution in [0.25, 0.3) is 11.4 Å². The Kier molecular flexibility index (Phi) is 4.74. The van der Waals surface area contributed by atoms with Crippen molar-refractivity contribution in [3.8, 4) is 11.4 Å². The number of thioether (sulfide) groups is 1. The Morgan fingerprint density at radius 2 is 2.26 bits per heavy atom. The lowest BCUT2D eigenvalue weighted by Gasteiger charge is -1.97. The molecule has 0 N–H and O–H groups in total. The fourth-order valence-corrected chi connectivity index (χ4v) is 2.21. The van der Waals surface area contributed by atoms with Gasteiger partial charge in [-0.3, -0.25) is 0 Å². The van der Waals surface area contributed by atoms with E-state index in [9.17, 15) is 4.39 Å². The molecule has 0 aliphatic rings. The molecule has 1 heterocycles. The van der Waals surface area contributed by atoms with Gasteiger partial charge in [0.05, 0.1) is 5.75 Å². The summed E-state index contributed by atoms with van der Waals surface area (Å²) in [6.07, 6.45) is 4.07. The number of nitrogens with zero attached hydrogens (tertiary/aromatic N) is 2. The van der Waals surface area contributed by atoms with Gasteiger partial charge < -0.3 is 4.52 Å². The second kappa shape index (κ2) is 6.52. The molecule has 0 fully saturated rings. The number of halogens is 1. The van der Waals surface area contributed by atoms with Crippen LogP contribution in [0.15, 0.2) is 34.9 Å². The molecular formula is C14H15FN2OS. The SMILES string of the molecule is C/C=C/CSCc1nc(-c2ccc(C)c(F)c2)no1. The van der Waals surface area contributed by atoms with E-state index in [0.717, 1.165) is 5.75 Å². The van der Waals surface area contributed by atoms with E-state index in [1.807, 2.05) is 13.0 Å². The van der Waals surface area contributed by atoms with Gasteiger partial charge in [-0.1, -0.05) is 29.4 Å². The van der Waals surface area contributed by atoms with Crippen molar-refractivity contribution >= 4 is 11.8 Å². The summed E-state index contributed by atoms with van der Waals surface area (Å²) in [5, 5.41) is 3.87. The average Bonchev–Trinajstić information content (AvgIpc) is 2.87. The lowest BCUT2D eigenvalue weighted by atomic mass is 10.1. The van der Waals surface area contributed by atoms with Gasteiger partial charge in [-0.25, -0.2) is 4.39 Å². The lowest BCUT2D eigenvalue weighted by Crippen LogP contribution is -1.87. The Labute approximate surface area is 115 Å². The molecule has 100 valence electrons. The molecule has 0 unspecified atom stereocenters. The molecule has 1 aromatic carbocycles. The van der Waals surface area contributed by atoms with Gasteiger partial charge in [0.2, 0.25) is 11.7 Å². The highest BCUT2D eigenvalue weighted by molar-refractivity contribution is 7.98. The van der Waals surface area contributed by atoms with E-state index in [-0.39, 0.29) is 5.82 Å². The zero-order valence-corrected chi connectivity index (χ0v) is 11.7. The van der Waals surface area contributed by atoms with Crippen LogP contribution in [0.3, 0.4) is 0 Å². The molecule has 19 heavy (non-hydrogen) atoms. The number of allylic oxidation sites excluding steroid dienone is 1. The maximum absolute atomic E-state index is 13.5. The van der Waals surface area contributed by atoms with Crippen LogP contribution < -0.4 is 0 Å². The normalized spacial score (nSPS) is 11.3. The van der Waals surface area contributed by atoms with E-state index in [0.29, 0.717) is 28.6 Å². The lowest BCUT2D eigenvalue weighted by molar-refractivity contribution is 0.391. The average molecular weight is 278 g/mol. The smallest absolute Gasteiger partial charge is 0.236 e. The van der Waals surface area contributed by atoms with Crippen LogP contribution in [0.4, 0.5) is 4.39 Å². The summed E-state index contributed by atoms with van der Waals surface area (Å²) in [5.41, 5.74) is 1.24. The van der Waals surface area contributed by atoms with Gasteiger partial charge in [-0.15, -0.1) is 11.8 Å². The Hall–Kier alpha value is -1.62. The number of hydrogen-bond donors (Lipinski definition) is 0. The first kappa shape index (κ1) is 13.8. The first-order valence-corrected chi connectivity index (χ1v) is 7.14. The summed E-state index contributed by atoms with van der Waals surface area (Å²) >= 11 is 1.69. The van der Waals surface area contributed by atoms with Crippen LogP contribution in [0.1, 0.15) is 18.4 Å². The minimum atomic E-state index is -0.258. The molecule has 3 nitrogen and oxygen atoms in total. The Morgan fingerprint density at radius 3 is 3.00 bits per heavy atom. The maximum atomic E-state index is 13.5. The highest BCUT2D eigenvalue weighted by Gasteiger charge is 2.09. The standard InChI is InChI=1S/C14H15FN2OS/c1-3-4-7-19-9-13-16-14(17-18-13)11-6-5-10(2)12(15)8-11/h3-6,8H,7,9H2,1-2H3/b4-3+. The highest BCUT2D eigenvalue weighted by Crippen LogP contribution is 2.20. The molecule has 0 aliphatic heterocycles. The number of hydrogen-bond acceptors (Lipinski definition) is 4. The molecule has 0 amide bonds. The van der Waals surface area contributed by atoms with Crippen LogP contribution in [0.5, 0.6) is 0 Å². The monoisotopic (exact) mass is 278 g/mol. The van der Waals surface area contributed by atoms with Crippen LogP contribution in [0.2, 0.25) is 0 Å². The van der Waals surface area contributed by atoms with Gasteiger partial charge in [0.1, 0.15) is 5.82 Å². The largest absolute Gasteiger partial charge is 0.338 e. The predicted octanol–water partition coefficient (Wildman–Crippen LogP) is 3.99. The van der Waals surface area contributed by atoms with Crippen LogP contribution >= 0.6 is 11.8 Å². The molecule has 0 saturated heterocycles. The van der Waals surface area contributed by atoms with Gasteiger partial charge >= 0.3 is 0 Å². The van der Waals surface area contributed by atoms with Crippen LogP contribution in [-0.2, 0) is 5.75 Å². The van der Waals surface area contributed by atoms with E-state index in [4.69, 9.17) is 4.52 Å². The molecule has 0 bridgehead atoms. The second-order valence-electron chi connectivity index (χ2n) is 4.06. The van der Waals surface area contributed by atoms with E-state index in [1.54, 1.807) is 30.8 Å². The van der Waals surface area contributed by atoms with E-state index >= 15 is 0 Å². The molecule has 0 atom stereocenters. The van der Waals surface area contributed by atoms with Crippen molar-refractivity contribution in [2.45, 2.75) is 19.6 Å². The molecule has 0 radical (unpaired) electrons. The van der Waals surface area contributed by atoms with E-state index < -0.39 is 0 Å². The minimum absolute atomic E-state index is 0.258. The summed E-state index contributed by atoms with van der Waals surface area (Å²) in [4.78, 5) is 4.26. The van der Waals surface area contributed by atoms with Gasteiger partial charge in [0, 0.05) is 11.3 Å². The minimum Gasteiger partial charge on any atom is -0.338 e. The van der Waals surface area contributed by atoms with Crippen molar-refractivity contribution in [1.82, 2.24) is 10.1 Å².